The minimum absolute atomic E-state index is 0.0235. The molecule has 5 heteroatoms. The normalized spacial score (nSPS) is 29.6. The van der Waals surface area contributed by atoms with Gasteiger partial charge in [0.15, 0.2) is 5.79 Å². The second kappa shape index (κ2) is 6.07. The molecule has 1 aliphatic heterocycles. The zero-order valence-electron chi connectivity index (χ0n) is 12.9. The van der Waals surface area contributed by atoms with E-state index in [1.54, 1.807) is 11.8 Å². The predicted molar refractivity (Wildman–Crippen MR) is 84.6 cm³/mol. The molecule has 0 N–H and O–H groups in total. The number of ether oxygens (including phenoxy) is 3. The smallest absolute Gasteiger partial charge is 0.334 e. The van der Waals surface area contributed by atoms with E-state index >= 15 is 0 Å². The Bertz CT molecular complexity index is 582. The molecule has 0 bridgehead atoms. The van der Waals surface area contributed by atoms with Gasteiger partial charge in [-0.25, -0.2) is 4.79 Å². The predicted octanol–water partition coefficient (Wildman–Crippen LogP) is 3.17. The number of carbonyl (C=O) groups excluding carboxylic acids is 1. The van der Waals surface area contributed by atoms with Crippen LogP contribution in [0.4, 0.5) is 0 Å². The molecule has 3 rings (SSSR count). The van der Waals surface area contributed by atoms with Crippen molar-refractivity contribution in [3.8, 4) is 0 Å². The number of thioether (sulfide) groups is 1. The maximum atomic E-state index is 12.1. The highest BCUT2D eigenvalue weighted by atomic mass is 32.2. The molecule has 1 heterocycles. The van der Waals surface area contributed by atoms with Gasteiger partial charge in [0, 0.05) is 10.5 Å². The molecule has 2 aliphatic rings. The fraction of sp³-hybridized carbons (Fsp3) is 0.471. The summed E-state index contributed by atoms with van der Waals surface area (Å²) in [6.45, 7) is 3.82. The van der Waals surface area contributed by atoms with Gasteiger partial charge >= 0.3 is 5.97 Å². The van der Waals surface area contributed by atoms with Gasteiger partial charge < -0.3 is 14.2 Å². The summed E-state index contributed by atoms with van der Waals surface area (Å²) in [4.78, 5) is 13.2. The van der Waals surface area contributed by atoms with E-state index in [0.717, 1.165) is 4.90 Å². The Morgan fingerprint density at radius 1 is 1.27 bits per heavy atom. The minimum Gasteiger partial charge on any atom is -0.466 e. The number of rotatable bonds is 3. The van der Waals surface area contributed by atoms with Crippen LogP contribution in [0, 0.1) is 0 Å². The third-order valence-corrected chi connectivity index (χ3v) is 5.14. The quantitative estimate of drug-likeness (QED) is 0.801. The Kier molecular flexibility index (Phi) is 4.30. The number of esters is 1. The molecule has 4 nitrogen and oxygen atoms in total. The Morgan fingerprint density at radius 3 is 2.68 bits per heavy atom. The number of hydrogen-bond donors (Lipinski definition) is 0. The first-order chi connectivity index (χ1) is 10.5. The number of benzene rings is 1. The second-order valence-corrected chi connectivity index (χ2v) is 7.09. The first-order valence-corrected chi connectivity index (χ1v) is 8.24. The van der Waals surface area contributed by atoms with Crippen molar-refractivity contribution in [2.24, 2.45) is 0 Å². The van der Waals surface area contributed by atoms with Gasteiger partial charge in [0.05, 0.1) is 18.5 Å². The molecule has 0 amide bonds. The van der Waals surface area contributed by atoms with Gasteiger partial charge in [-0.3, -0.25) is 0 Å². The minimum atomic E-state index is -0.621. The molecule has 1 aromatic carbocycles. The summed E-state index contributed by atoms with van der Waals surface area (Å²) in [6.07, 6.45) is 2.42. The van der Waals surface area contributed by atoms with Gasteiger partial charge in [-0.15, -0.1) is 11.8 Å². The summed E-state index contributed by atoms with van der Waals surface area (Å²) >= 11 is 1.62. The molecule has 0 unspecified atom stereocenters. The molecule has 118 valence electrons. The van der Waals surface area contributed by atoms with Crippen LogP contribution in [-0.4, -0.2) is 36.3 Å². The van der Waals surface area contributed by atoms with E-state index in [2.05, 4.69) is 0 Å². The molecule has 0 aromatic heterocycles. The second-order valence-electron chi connectivity index (χ2n) is 5.88. The van der Waals surface area contributed by atoms with Crippen LogP contribution in [0.2, 0.25) is 0 Å². The van der Waals surface area contributed by atoms with Gasteiger partial charge in [0.2, 0.25) is 0 Å². The topological polar surface area (TPSA) is 44.8 Å². The Hall–Kier alpha value is -1.30. The summed E-state index contributed by atoms with van der Waals surface area (Å²) in [7, 11) is 1.41. The van der Waals surface area contributed by atoms with Crippen LogP contribution >= 0.6 is 11.8 Å². The van der Waals surface area contributed by atoms with Crippen molar-refractivity contribution < 1.29 is 19.0 Å². The first-order valence-electron chi connectivity index (χ1n) is 7.36. The lowest BCUT2D eigenvalue weighted by atomic mass is 9.94. The van der Waals surface area contributed by atoms with E-state index in [1.807, 2.05) is 50.3 Å². The lowest BCUT2D eigenvalue weighted by Gasteiger charge is -2.30. The maximum absolute atomic E-state index is 12.1. The molecule has 1 fully saturated rings. The van der Waals surface area contributed by atoms with E-state index in [4.69, 9.17) is 14.2 Å². The summed E-state index contributed by atoms with van der Waals surface area (Å²) in [5.74, 6) is -0.912. The molecule has 3 atom stereocenters. The molecule has 0 radical (unpaired) electrons. The molecule has 1 saturated heterocycles. The van der Waals surface area contributed by atoms with Gasteiger partial charge in [-0.1, -0.05) is 24.3 Å². The van der Waals surface area contributed by atoms with Gasteiger partial charge in [-0.05, 0) is 32.4 Å². The molecular formula is C17H20O4S. The third kappa shape index (κ3) is 3.07. The fourth-order valence-corrected chi connectivity index (χ4v) is 4.22. The Balaban J connectivity index is 1.90. The van der Waals surface area contributed by atoms with Crippen molar-refractivity contribution >= 4 is 17.7 Å². The Morgan fingerprint density at radius 2 is 2.00 bits per heavy atom. The largest absolute Gasteiger partial charge is 0.466 e. The Labute approximate surface area is 134 Å². The molecule has 0 spiro atoms. The average molecular weight is 320 g/mol. The number of hydrogen-bond acceptors (Lipinski definition) is 5. The highest BCUT2D eigenvalue weighted by molar-refractivity contribution is 8.00. The lowest BCUT2D eigenvalue weighted by molar-refractivity contribution is -0.146. The average Bonchev–Trinajstić information content (AvgIpc) is 2.82. The standard InChI is InChI=1S/C17H20O4S/c1-17(2)20-13-10-9-12(16(18)19-3)15(14(13)21-17)22-11-7-5-4-6-8-11/h4-9,13-15H,10H2,1-3H3/t13-,14-,15-/m0/s1. The highest BCUT2D eigenvalue weighted by Crippen LogP contribution is 2.43. The zero-order chi connectivity index (χ0) is 15.7. The number of fused-ring (bicyclic) bond motifs is 1. The van der Waals surface area contributed by atoms with Crippen molar-refractivity contribution in [1.29, 1.82) is 0 Å². The number of carbonyl (C=O) groups is 1. The molecule has 1 aliphatic carbocycles. The van der Waals surface area contributed by atoms with Crippen molar-refractivity contribution in [1.82, 2.24) is 0 Å². The summed E-state index contributed by atoms with van der Waals surface area (Å²) in [5, 5.41) is -0.129. The summed E-state index contributed by atoms with van der Waals surface area (Å²) in [6, 6.07) is 10.0. The molecule has 1 aromatic rings. The van der Waals surface area contributed by atoms with Crippen LogP contribution in [0.5, 0.6) is 0 Å². The van der Waals surface area contributed by atoms with Crippen LogP contribution in [0.3, 0.4) is 0 Å². The monoisotopic (exact) mass is 320 g/mol. The van der Waals surface area contributed by atoms with E-state index in [-0.39, 0.29) is 23.4 Å². The fourth-order valence-electron chi connectivity index (χ4n) is 2.93. The molecule has 22 heavy (non-hydrogen) atoms. The van der Waals surface area contributed by atoms with Gasteiger partial charge in [0.25, 0.3) is 0 Å². The van der Waals surface area contributed by atoms with Crippen molar-refractivity contribution in [3.63, 3.8) is 0 Å². The van der Waals surface area contributed by atoms with Gasteiger partial charge in [-0.2, -0.15) is 0 Å². The van der Waals surface area contributed by atoms with Crippen molar-refractivity contribution in [3.05, 3.63) is 42.0 Å². The van der Waals surface area contributed by atoms with Crippen LogP contribution in [-0.2, 0) is 19.0 Å². The third-order valence-electron chi connectivity index (χ3n) is 3.82. The summed E-state index contributed by atoms with van der Waals surface area (Å²) in [5.41, 5.74) is 0.666. The van der Waals surface area contributed by atoms with E-state index in [1.165, 1.54) is 7.11 Å². The summed E-state index contributed by atoms with van der Waals surface area (Å²) < 4.78 is 17.0. The van der Waals surface area contributed by atoms with Gasteiger partial charge in [0.1, 0.15) is 6.10 Å². The zero-order valence-corrected chi connectivity index (χ0v) is 13.8. The SMILES string of the molecule is COC(=O)C1=CC[C@@H]2OC(C)(C)O[C@@H]2[C@H]1Sc1ccccc1. The highest BCUT2D eigenvalue weighted by Gasteiger charge is 2.49. The van der Waals surface area contributed by atoms with Crippen molar-refractivity contribution in [2.75, 3.05) is 7.11 Å². The molecule has 0 saturated carbocycles. The van der Waals surface area contributed by atoms with Crippen LogP contribution in [0.25, 0.3) is 0 Å². The van der Waals surface area contributed by atoms with Crippen LogP contribution < -0.4 is 0 Å². The van der Waals surface area contributed by atoms with E-state index in [9.17, 15) is 4.79 Å². The lowest BCUT2D eigenvalue weighted by Crippen LogP contribution is -2.40. The molecular weight excluding hydrogens is 300 g/mol. The van der Waals surface area contributed by atoms with Crippen LogP contribution in [0.15, 0.2) is 46.9 Å². The van der Waals surface area contributed by atoms with Crippen LogP contribution in [0.1, 0.15) is 20.3 Å². The maximum Gasteiger partial charge on any atom is 0.334 e. The van der Waals surface area contributed by atoms with Crippen molar-refractivity contribution in [2.45, 2.75) is 48.4 Å². The van der Waals surface area contributed by atoms with E-state index in [0.29, 0.717) is 12.0 Å². The number of methoxy groups -OCH3 is 1. The van der Waals surface area contributed by atoms with E-state index < -0.39 is 5.79 Å². The first kappa shape index (κ1) is 15.6.